The number of nitrogens with one attached hydrogen (secondary N) is 1. The predicted octanol–water partition coefficient (Wildman–Crippen LogP) is 1.46. The Balaban J connectivity index is 1.77. The van der Waals surface area contributed by atoms with Crippen LogP contribution in [0.1, 0.15) is 19.3 Å². The van der Waals surface area contributed by atoms with Gasteiger partial charge in [0.1, 0.15) is 0 Å². The van der Waals surface area contributed by atoms with Crippen molar-refractivity contribution >= 4 is 17.5 Å². The fourth-order valence-corrected chi connectivity index (χ4v) is 2.69. The fraction of sp³-hybridized carbons (Fsp3) is 0.636. The Kier molecular flexibility index (Phi) is 2.69. The maximum absolute atomic E-state index is 5.79. The summed E-state index contributed by atoms with van der Waals surface area (Å²) < 4.78 is 0. The average molecular weight is 239 g/mol. The number of aromatic nitrogens is 2. The van der Waals surface area contributed by atoms with Crippen molar-refractivity contribution in [3.8, 4) is 0 Å². The Morgan fingerprint density at radius 3 is 2.75 bits per heavy atom. The van der Waals surface area contributed by atoms with Crippen LogP contribution in [0.15, 0.2) is 12.4 Å². The molecule has 0 aromatic carbocycles. The summed E-state index contributed by atoms with van der Waals surface area (Å²) in [6.45, 7) is 2.05. The molecule has 2 aliphatic rings. The summed E-state index contributed by atoms with van der Waals surface area (Å²) in [4.78, 5) is 10.8. The Morgan fingerprint density at radius 2 is 1.94 bits per heavy atom. The molecular formula is C11H15ClN4. The Bertz CT molecular complexity index is 367. The number of halogens is 1. The van der Waals surface area contributed by atoms with Gasteiger partial charge in [-0.3, -0.25) is 0 Å². The topological polar surface area (TPSA) is 41.1 Å². The van der Waals surface area contributed by atoms with Crippen molar-refractivity contribution in [2.45, 2.75) is 31.3 Å². The molecule has 0 saturated carbocycles. The number of anilines is 1. The first-order valence-corrected chi connectivity index (χ1v) is 6.17. The van der Waals surface area contributed by atoms with Gasteiger partial charge in [-0.25, -0.2) is 9.97 Å². The molecular weight excluding hydrogens is 224 g/mol. The lowest BCUT2D eigenvalue weighted by molar-refractivity contribution is 0.563. The summed E-state index contributed by atoms with van der Waals surface area (Å²) in [7, 11) is 0. The molecule has 2 bridgehead atoms. The van der Waals surface area contributed by atoms with Gasteiger partial charge in [0.15, 0.2) is 0 Å². The predicted molar refractivity (Wildman–Crippen MR) is 63.8 cm³/mol. The van der Waals surface area contributed by atoms with E-state index in [1.54, 1.807) is 12.4 Å². The van der Waals surface area contributed by atoms with Gasteiger partial charge in [0, 0.05) is 25.2 Å². The Hall–Kier alpha value is -0.870. The summed E-state index contributed by atoms with van der Waals surface area (Å²) in [6, 6.07) is 1.30. The molecule has 2 saturated heterocycles. The summed E-state index contributed by atoms with van der Waals surface area (Å²) in [5.74, 6) is 0.804. The lowest BCUT2D eigenvalue weighted by Gasteiger charge is -2.23. The van der Waals surface area contributed by atoms with Gasteiger partial charge in [0.2, 0.25) is 5.95 Å². The van der Waals surface area contributed by atoms with Crippen LogP contribution in [0.3, 0.4) is 0 Å². The van der Waals surface area contributed by atoms with Gasteiger partial charge in [-0.15, -0.1) is 0 Å². The van der Waals surface area contributed by atoms with Gasteiger partial charge in [-0.1, -0.05) is 11.6 Å². The van der Waals surface area contributed by atoms with E-state index in [9.17, 15) is 0 Å². The Labute approximate surface area is 100 Å². The van der Waals surface area contributed by atoms with Crippen molar-refractivity contribution in [3.05, 3.63) is 17.4 Å². The van der Waals surface area contributed by atoms with Crippen LogP contribution in [0, 0.1) is 0 Å². The minimum atomic E-state index is 0.596. The first-order valence-electron chi connectivity index (χ1n) is 5.80. The van der Waals surface area contributed by atoms with Crippen LogP contribution in [-0.2, 0) is 0 Å². The lowest BCUT2D eigenvalue weighted by Crippen LogP contribution is -2.36. The van der Waals surface area contributed by atoms with Crippen molar-refractivity contribution in [1.29, 1.82) is 0 Å². The normalized spacial score (nSPS) is 29.2. The van der Waals surface area contributed by atoms with Crippen LogP contribution >= 0.6 is 11.6 Å². The van der Waals surface area contributed by atoms with Gasteiger partial charge in [-0.2, -0.15) is 0 Å². The summed E-state index contributed by atoms with van der Waals surface area (Å²) >= 11 is 5.79. The van der Waals surface area contributed by atoms with E-state index in [-0.39, 0.29) is 0 Å². The van der Waals surface area contributed by atoms with Crippen LogP contribution in [0.2, 0.25) is 5.02 Å². The molecule has 86 valence electrons. The molecule has 1 aromatic heterocycles. The highest BCUT2D eigenvalue weighted by atomic mass is 35.5. The smallest absolute Gasteiger partial charge is 0.225 e. The van der Waals surface area contributed by atoms with Crippen LogP contribution in [0.4, 0.5) is 5.95 Å². The molecule has 2 unspecified atom stereocenters. The highest BCUT2D eigenvalue weighted by molar-refractivity contribution is 6.30. The SMILES string of the molecule is Clc1cnc(N2CCC3CCC(C2)N3)nc1. The molecule has 3 heterocycles. The van der Waals surface area contributed by atoms with E-state index in [0.29, 0.717) is 17.1 Å². The average Bonchev–Trinajstić information content (AvgIpc) is 2.60. The number of hydrogen-bond donors (Lipinski definition) is 1. The molecule has 5 heteroatoms. The van der Waals surface area contributed by atoms with E-state index in [1.165, 1.54) is 19.3 Å². The second-order valence-corrected chi connectivity index (χ2v) is 5.01. The van der Waals surface area contributed by atoms with E-state index in [1.807, 2.05) is 0 Å². The molecule has 1 N–H and O–H groups in total. The monoisotopic (exact) mass is 238 g/mol. The minimum absolute atomic E-state index is 0.596. The van der Waals surface area contributed by atoms with Gasteiger partial charge in [-0.05, 0) is 19.3 Å². The standard InChI is InChI=1S/C11H15ClN4/c12-8-5-13-11(14-6-8)16-4-3-9-1-2-10(7-16)15-9/h5-6,9-10,15H,1-4,7H2. The third-order valence-electron chi connectivity index (χ3n) is 3.41. The van der Waals surface area contributed by atoms with E-state index >= 15 is 0 Å². The van der Waals surface area contributed by atoms with Gasteiger partial charge < -0.3 is 10.2 Å². The van der Waals surface area contributed by atoms with E-state index in [4.69, 9.17) is 11.6 Å². The van der Waals surface area contributed by atoms with E-state index in [0.717, 1.165) is 19.0 Å². The molecule has 2 aliphatic heterocycles. The molecule has 0 spiro atoms. The van der Waals surface area contributed by atoms with Crippen LogP contribution in [-0.4, -0.2) is 35.1 Å². The quantitative estimate of drug-likeness (QED) is 0.804. The van der Waals surface area contributed by atoms with E-state index < -0.39 is 0 Å². The van der Waals surface area contributed by atoms with Crippen LogP contribution in [0.25, 0.3) is 0 Å². The van der Waals surface area contributed by atoms with Crippen molar-refractivity contribution in [1.82, 2.24) is 15.3 Å². The first kappa shape index (κ1) is 10.3. The van der Waals surface area contributed by atoms with Crippen LogP contribution in [0.5, 0.6) is 0 Å². The van der Waals surface area contributed by atoms with Crippen molar-refractivity contribution < 1.29 is 0 Å². The molecule has 4 nitrogen and oxygen atoms in total. The van der Waals surface area contributed by atoms with Gasteiger partial charge in [0.25, 0.3) is 0 Å². The van der Waals surface area contributed by atoms with Gasteiger partial charge in [0.05, 0.1) is 17.4 Å². The zero-order valence-electron chi connectivity index (χ0n) is 9.06. The third kappa shape index (κ3) is 1.99. The second-order valence-electron chi connectivity index (χ2n) is 4.57. The molecule has 0 aliphatic carbocycles. The van der Waals surface area contributed by atoms with Crippen molar-refractivity contribution in [2.24, 2.45) is 0 Å². The fourth-order valence-electron chi connectivity index (χ4n) is 2.59. The number of nitrogens with zero attached hydrogens (tertiary/aromatic N) is 3. The number of hydrogen-bond acceptors (Lipinski definition) is 4. The molecule has 16 heavy (non-hydrogen) atoms. The molecule has 3 rings (SSSR count). The highest BCUT2D eigenvalue weighted by Crippen LogP contribution is 2.22. The largest absolute Gasteiger partial charge is 0.339 e. The summed E-state index contributed by atoms with van der Waals surface area (Å²) in [6.07, 6.45) is 7.11. The molecule has 1 aromatic rings. The summed E-state index contributed by atoms with van der Waals surface area (Å²) in [5.41, 5.74) is 0. The molecule has 0 amide bonds. The molecule has 0 radical (unpaired) electrons. The zero-order chi connectivity index (χ0) is 11.0. The minimum Gasteiger partial charge on any atom is -0.339 e. The number of rotatable bonds is 1. The molecule has 2 fully saturated rings. The lowest BCUT2D eigenvalue weighted by atomic mass is 10.1. The van der Waals surface area contributed by atoms with Crippen molar-refractivity contribution in [2.75, 3.05) is 18.0 Å². The molecule has 2 atom stereocenters. The maximum atomic E-state index is 5.79. The highest BCUT2D eigenvalue weighted by Gasteiger charge is 2.29. The van der Waals surface area contributed by atoms with E-state index in [2.05, 4.69) is 20.2 Å². The van der Waals surface area contributed by atoms with Crippen molar-refractivity contribution in [3.63, 3.8) is 0 Å². The summed E-state index contributed by atoms with van der Waals surface area (Å²) in [5, 5.41) is 4.24. The number of fused-ring (bicyclic) bond motifs is 2. The van der Waals surface area contributed by atoms with Gasteiger partial charge >= 0.3 is 0 Å². The third-order valence-corrected chi connectivity index (χ3v) is 3.61. The zero-order valence-corrected chi connectivity index (χ0v) is 9.82. The maximum Gasteiger partial charge on any atom is 0.225 e. The second kappa shape index (κ2) is 4.18. The Morgan fingerprint density at radius 1 is 1.19 bits per heavy atom. The first-order chi connectivity index (χ1) is 7.81. The van der Waals surface area contributed by atoms with Crippen LogP contribution < -0.4 is 10.2 Å².